The molecule has 1 rings (SSSR count). The average Bonchev–Trinajstić information content (AvgIpc) is 2.19. The van der Waals surface area contributed by atoms with E-state index in [0.717, 1.165) is 0 Å². The molecule has 0 saturated heterocycles. The first-order chi connectivity index (χ1) is 7.47. The molecule has 16 heavy (non-hydrogen) atoms. The maximum Gasteiger partial charge on any atom is 0.311 e. The summed E-state index contributed by atoms with van der Waals surface area (Å²) in [5, 5.41) is 9.64. The molecular formula is C12H15ClO3. The highest BCUT2D eigenvalue weighted by Gasteiger charge is 2.24. The zero-order valence-electron chi connectivity index (χ0n) is 9.53. The molecule has 0 saturated carbocycles. The Balaban J connectivity index is 3.15. The largest absolute Gasteiger partial charge is 0.495 e. The number of rotatable bonds is 4. The van der Waals surface area contributed by atoms with Gasteiger partial charge in [-0.1, -0.05) is 31.5 Å². The number of hydrogen-bond acceptors (Lipinski definition) is 2. The Morgan fingerprint density at radius 1 is 1.44 bits per heavy atom. The van der Waals surface area contributed by atoms with Gasteiger partial charge in [-0.05, 0) is 23.6 Å². The quantitative estimate of drug-likeness (QED) is 0.882. The Morgan fingerprint density at radius 2 is 2.06 bits per heavy atom. The molecule has 0 radical (unpaired) electrons. The Bertz CT molecular complexity index is 388. The van der Waals surface area contributed by atoms with E-state index in [0.29, 0.717) is 16.3 Å². The van der Waals surface area contributed by atoms with Crippen LogP contribution >= 0.6 is 11.6 Å². The number of aliphatic carboxylic acids is 1. The zero-order valence-corrected chi connectivity index (χ0v) is 10.3. The van der Waals surface area contributed by atoms with Crippen LogP contribution in [0.4, 0.5) is 0 Å². The van der Waals surface area contributed by atoms with Gasteiger partial charge in [0.1, 0.15) is 5.75 Å². The van der Waals surface area contributed by atoms with E-state index in [-0.39, 0.29) is 5.92 Å². The Morgan fingerprint density at radius 3 is 2.50 bits per heavy atom. The SMILES string of the molecule is COc1cc(C(C(=O)O)C(C)C)ccc1Cl. The Hall–Kier alpha value is -1.22. The van der Waals surface area contributed by atoms with Crippen LogP contribution in [0.1, 0.15) is 25.3 Å². The minimum Gasteiger partial charge on any atom is -0.495 e. The highest BCUT2D eigenvalue weighted by molar-refractivity contribution is 6.32. The maximum atomic E-state index is 11.2. The Labute approximate surface area is 100.0 Å². The maximum absolute atomic E-state index is 11.2. The molecule has 0 heterocycles. The van der Waals surface area contributed by atoms with Crippen molar-refractivity contribution in [1.29, 1.82) is 0 Å². The van der Waals surface area contributed by atoms with Gasteiger partial charge in [0.2, 0.25) is 0 Å². The van der Waals surface area contributed by atoms with E-state index in [1.807, 2.05) is 13.8 Å². The molecule has 0 fully saturated rings. The molecule has 0 aliphatic carbocycles. The van der Waals surface area contributed by atoms with Crippen LogP contribution in [-0.2, 0) is 4.79 Å². The van der Waals surface area contributed by atoms with Crippen molar-refractivity contribution in [3.63, 3.8) is 0 Å². The molecule has 1 unspecified atom stereocenters. The minimum absolute atomic E-state index is 0.0170. The van der Waals surface area contributed by atoms with E-state index < -0.39 is 11.9 Å². The van der Waals surface area contributed by atoms with Crippen molar-refractivity contribution in [3.8, 4) is 5.75 Å². The molecular weight excluding hydrogens is 228 g/mol. The Kier molecular flexibility index (Phi) is 4.19. The first-order valence-electron chi connectivity index (χ1n) is 5.03. The third-order valence-corrected chi connectivity index (χ3v) is 2.78. The topological polar surface area (TPSA) is 46.5 Å². The number of methoxy groups -OCH3 is 1. The molecule has 1 N–H and O–H groups in total. The standard InChI is InChI=1S/C12H15ClO3/c1-7(2)11(12(14)15)8-4-5-9(13)10(6-8)16-3/h4-7,11H,1-3H3,(H,14,15). The fraction of sp³-hybridized carbons (Fsp3) is 0.417. The number of ether oxygens (including phenoxy) is 1. The van der Waals surface area contributed by atoms with Gasteiger partial charge in [-0.2, -0.15) is 0 Å². The van der Waals surface area contributed by atoms with Gasteiger partial charge in [-0.25, -0.2) is 0 Å². The van der Waals surface area contributed by atoms with E-state index in [2.05, 4.69) is 0 Å². The number of carboxylic acids is 1. The van der Waals surface area contributed by atoms with E-state index in [1.165, 1.54) is 7.11 Å². The van der Waals surface area contributed by atoms with Crippen molar-refractivity contribution in [3.05, 3.63) is 28.8 Å². The van der Waals surface area contributed by atoms with Crippen LogP contribution in [0, 0.1) is 5.92 Å². The minimum atomic E-state index is -0.834. The van der Waals surface area contributed by atoms with Crippen molar-refractivity contribution in [1.82, 2.24) is 0 Å². The average molecular weight is 243 g/mol. The third-order valence-electron chi connectivity index (χ3n) is 2.47. The number of carboxylic acid groups (broad SMARTS) is 1. The number of halogens is 1. The van der Waals surface area contributed by atoms with Gasteiger partial charge in [0.15, 0.2) is 0 Å². The third kappa shape index (κ3) is 2.67. The summed E-state index contributed by atoms with van der Waals surface area (Å²) >= 11 is 5.89. The molecule has 1 aromatic rings. The lowest BCUT2D eigenvalue weighted by molar-refractivity contribution is -0.139. The summed E-state index contributed by atoms with van der Waals surface area (Å²) in [7, 11) is 1.51. The first-order valence-corrected chi connectivity index (χ1v) is 5.41. The van der Waals surface area contributed by atoms with Gasteiger partial charge in [-0.3, -0.25) is 4.79 Å². The van der Waals surface area contributed by atoms with E-state index in [1.54, 1.807) is 18.2 Å². The second-order valence-electron chi connectivity index (χ2n) is 3.95. The first kappa shape index (κ1) is 12.8. The van der Waals surface area contributed by atoms with Crippen molar-refractivity contribution in [2.45, 2.75) is 19.8 Å². The predicted molar refractivity (Wildman–Crippen MR) is 63.2 cm³/mol. The monoisotopic (exact) mass is 242 g/mol. The number of benzene rings is 1. The summed E-state index contributed by atoms with van der Waals surface area (Å²) in [4.78, 5) is 11.2. The smallest absolute Gasteiger partial charge is 0.311 e. The van der Waals surface area contributed by atoms with Crippen molar-refractivity contribution in [2.24, 2.45) is 5.92 Å². The molecule has 0 aliphatic rings. The normalized spacial score (nSPS) is 12.6. The highest BCUT2D eigenvalue weighted by Crippen LogP contribution is 2.31. The highest BCUT2D eigenvalue weighted by atomic mass is 35.5. The lowest BCUT2D eigenvalue weighted by Crippen LogP contribution is -2.17. The van der Waals surface area contributed by atoms with Crippen LogP contribution < -0.4 is 4.74 Å². The van der Waals surface area contributed by atoms with Gasteiger partial charge >= 0.3 is 5.97 Å². The number of carbonyl (C=O) groups is 1. The predicted octanol–water partition coefficient (Wildman–Crippen LogP) is 3.17. The summed E-state index contributed by atoms with van der Waals surface area (Å²) < 4.78 is 5.07. The van der Waals surface area contributed by atoms with Crippen LogP contribution in [0.5, 0.6) is 5.75 Å². The van der Waals surface area contributed by atoms with Crippen LogP contribution in [0.2, 0.25) is 5.02 Å². The number of hydrogen-bond donors (Lipinski definition) is 1. The molecule has 3 nitrogen and oxygen atoms in total. The molecule has 4 heteroatoms. The molecule has 0 bridgehead atoms. The summed E-state index contributed by atoms with van der Waals surface area (Å²) in [6.45, 7) is 3.75. The van der Waals surface area contributed by atoms with Crippen LogP contribution in [0.15, 0.2) is 18.2 Å². The fourth-order valence-electron chi connectivity index (χ4n) is 1.68. The molecule has 0 spiro atoms. The summed E-state index contributed by atoms with van der Waals surface area (Å²) in [6.07, 6.45) is 0. The van der Waals surface area contributed by atoms with E-state index in [9.17, 15) is 4.79 Å². The molecule has 1 aromatic carbocycles. The second-order valence-corrected chi connectivity index (χ2v) is 4.36. The van der Waals surface area contributed by atoms with Crippen molar-refractivity contribution < 1.29 is 14.6 Å². The van der Waals surface area contributed by atoms with Crippen LogP contribution in [0.25, 0.3) is 0 Å². The van der Waals surface area contributed by atoms with E-state index >= 15 is 0 Å². The fourth-order valence-corrected chi connectivity index (χ4v) is 1.88. The van der Waals surface area contributed by atoms with Gasteiger partial charge in [0.05, 0.1) is 18.1 Å². The summed E-state index contributed by atoms with van der Waals surface area (Å²) in [5.74, 6) is -0.847. The lowest BCUT2D eigenvalue weighted by atomic mass is 9.88. The zero-order chi connectivity index (χ0) is 12.3. The van der Waals surface area contributed by atoms with Gasteiger partial charge in [0.25, 0.3) is 0 Å². The molecule has 0 aliphatic heterocycles. The van der Waals surface area contributed by atoms with Crippen molar-refractivity contribution in [2.75, 3.05) is 7.11 Å². The lowest BCUT2D eigenvalue weighted by Gasteiger charge is -2.17. The van der Waals surface area contributed by atoms with Crippen molar-refractivity contribution >= 4 is 17.6 Å². The molecule has 0 aromatic heterocycles. The molecule has 0 amide bonds. The summed E-state index contributed by atoms with van der Waals surface area (Å²) in [5.41, 5.74) is 0.712. The van der Waals surface area contributed by atoms with Gasteiger partial charge in [0, 0.05) is 0 Å². The second kappa shape index (κ2) is 5.21. The summed E-state index contributed by atoms with van der Waals surface area (Å²) in [6, 6.07) is 5.07. The molecule has 88 valence electrons. The van der Waals surface area contributed by atoms with E-state index in [4.69, 9.17) is 21.4 Å². The van der Waals surface area contributed by atoms with Gasteiger partial charge in [-0.15, -0.1) is 0 Å². The van der Waals surface area contributed by atoms with Crippen LogP contribution in [-0.4, -0.2) is 18.2 Å². The van der Waals surface area contributed by atoms with Crippen LogP contribution in [0.3, 0.4) is 0 Å². The van der Waals surface area contributed by atoms with Gasteiger partial charge < -0.3 is 9.84 Å². The molecule has 1 atom stereocenters.